The molecule has 0 bridgehead atoms. The molecule has 1 heterocycles. The minimum Gasteiger partial charge on any atom is -0.490 e. The second-order valence-electron chi connectivity index (χ2n) is 6.34. The van der Waals surface area contributed by atoms with Gasteiger partial charge in [-0.25, -0.2) is 0 Å². The Morgan fingerprint density at radius 1 is 1.15 bits per heavy atom. The van der Waals surface area contributed by atoms with E-state index in [4.69, 9.17) is 14.2 Å². The van der Waals surface area contributed by atoms with Crippen molar-refractivity contribution in [2.45, 2.75) is 59.4 Å². The van der Waals surface area contributed by atoms with Gasteiger partial charge in [-0.2, -0.15) is 0 Å². The average Bonchev–Trinajstić information content (AvgIpc) is 2.64. The van der Waals surface area contributed by atoms with Crippen molar-refractivity contribution in [2.24, 2.45) is 0 Å². The fourth-order valence-corrected chi connectivity index (χ4v) is 2.83. The van der Waals surface area contributed by atoms with Crippen molar-refractivity contribution in [2.75, 3.05) is 13.2 Å². The lowest BCUT2D eigenvalue weighted by Gasteiger charge is -2.28. The van der Waals surface area contributed by atoms with Gasteiger partial charge in [-0.1, -0.05) is 24.6 Å². The molecule has 0 spiro atoms. The highest BCUT2D eigenvalue weighted by atomic mass is 16.8. The van der Waals surface area contributed by atoms with E-state index in [0.29, 0.717) is 13.2 Å². The summed E-state index contributed by atoms with van der Waals surface area (Å²) in [6.07, 6.45) is 0.875. The third-order valence-corrected chi connectivity index (χ3v) is 3.87. The molecule has 1 unspecified atom stereocenters. The molecule has 1 aliphatic heterocycles. The molecule has 0 radical (unpaired) electrons. The minimum absolute atomic E-state index is 0.340. The number of hydrogen-bond acceptors (Lipinski definition) is 3. The molecule has 0 aliphatic carbocycles. The lowest BCUT2D eigenvalue weighted by Crippen LogP contribution is -2.40. The zero-order valence-corrected chi connectivity index (χ0v) is 13.5. The first-order chi connectivity index (χ1) is 9.27. The molecule has 0 saturated carbocycles. The highest BCUT2D eigenvalue weighted by Crippen LogP contribution is 2.35. The van der Waals surface area contributed by atoms with Gasteiger partial charge in [-0.3, -0.25) is 0 Å². The molecule has 1 aromatic carbocycles. The van der Waals surface area contributed by atoms with Crippen LogP contribution in [-0.4, -0.2) is 24.6 Å². The number of aryl methyl sites for hydroxylation is 3. The van der Waals surface area contributed by atoms with Gasteiger partial charge in [0.2, 0.25) is 0 Å². The number of hydrogen-bond donors (Lipinski definition) is 0. The molecule has 0 aromatic heterocycles. The first kappa shape index (κ1) is 15.3. The van der Waals surface area contributed by atoms with Gasteiger partial charge in [0.15, 0.2) is 5.79 Å². The monoisotopic (exact) mass is 278 g/mol. The summed E-state index contributed by atoms with van der Waals surface area (Å²) in [4.78, 5) is 0. The van der Waals surface area contributed by atoms with Crippen LogP contribution in [0.1, 0.15) is 43.9 Å². The molecule has 0 N–H and O–H groups in total. The third-order valence-electron chi connectivity index (χ3n) is 3.87. The summed E-state index contributed by atoms with van der Waals surface area (Å²) in [6.45, 7) is 13.4. The zero-order chi connectivity index (χ0) is 15.0. The standard InChI is InChI=1S/C17H26O3/c1-7-17(11-19-16(5,6)20-17)10-18-15-13(3)8-12(2)9-14(15)4/h8-9H,7,10-11H2,1-6H3. The lowest BCUT2D eigenvalue weighted by molar-refractivity contribution is -0.167. The Labute approximate surface area is 122 Å². The summed E-state index contributed by atoms with van der Waals surface area (Å²) in [7, 11) is 0. The van der Waals surface area contributed by atoms with E-state index in [-0.39, 0.29) is 5.60 Å². The first-order valence-corrected chi connectivity index (χ1v) is 7.32. The van der Waals surface area contributed by atoms with Crippen molar-refractivity contribution in [3.05, 3.63) is 28.8 Å². The maximum Gasteiger partial charge on any atom is 0.163 e. The van der Waals surface area contributed by atoms with E-state index in [1.54, 1.807) is 0 Å². The summed E-state index contributed by atoms with van der Waals surface area (Å²) in [5.74, 6) is 0.452. The maximum absolute atomic E-state index is 6.09. The molecule has 1 aromatic rings. The van der Waals surface area contributed by atoms with Gasteiger partial charge < -0.3 is 14.2 Å². The lowest BCUT2D eigenvalue weighted by atomic mass is 10.0. The topological polar surface area (TPSA) is 27.7 Å². The molecule has 0 amide bonds. The van der Waals surface area contributed by atoms with Gasteiger partial charge in [0.05, 0.1) is 6.61 Å². The molecule has 1 fully saturated rings. The van der Waals surface area contributed by atoms with Gasteiger partial charge in [0.1, 0.15) is 18.0 Å². The maximum atomic E-state index is 6.09. The largest absolute Gasteiger partial charge is 0.490 e. The fourth-order valence-electron chi connectivity index (χ4n) is 2.83. The number of rotatable bonds is 4. The van der Waals surface area contributed by atoms with Crippen molar-refractivity contribution >= 4 is 0 Å². The Hall–Kier alpha value is -1.06. The molecule has 1 saturated heterocycles. The zero-order valence-electron chi connectivity index (χ0n) is 13.5. The SMILES string of the molecule is CCC1(COc2c(C)cc(C)cc2C)COC(C)(C)O1. The Balaban J connectivity index is 2.12. The molecule has 3 nitrogen and oxygen atoms in total. The van der Waals surface area contributed by atoms with Gasteiger partial charge >= 0.3 is 0 Å². The average molecular weight is 278 g/mol. The summed E-state index contributed by atoms with van der Waals surface area (Å²) in [6, 6.07) is 4.30. The molecular weight excluding hydrogens is 252 g/mol. The van der Waals surface area contributed by atoms with E-state index in [0.717, 1.165) is 12.2 Å². The number of benzene rings is 1. The van der Waals surface area contributed by atoms with Gasteiger partial charge in [0.25, 0.3) is 0 Å². The van der Waals surface area contributed by atoms with Crippen molar-refractivity contribution < 1.29 is 14.2 Å². The molecule has 112 valence electrons. The first-order valence-electron chi connectivity index (χ1n) is 7.32. The molecule has 2 rings (SSSR count). The molecule has 3 heteroatoms. The fraction of sp³-hybridized carbons (Fsp3) is 0.647. The van der Waals surface area contributed by atoms with Crippen LogP contribution in [0.3, 0.4) is 0 Å². The van der Waals surface area contributed by atoms with Crippen LogP contribution in [-0.2, 0) is 9.47 Å². The predicted octanol–water partition coefficient (Wildman–Crippen LogP) is 3.92. The van der Waals surface area contributed by atoms with Crippen LogP contribution < -0.4 is 4.74 Å². The van der Waals surface area contributed by atoms with E-state index < -0.39 is 5.79 Å². The highest BCUT2D eigenvalue weighted by molar-refractivity contribution is 5.43. The second kappa shape index (κ2) is 5.38. The van der Waals surface area contributed by atoms with Gasteiger partial charge in [0, 0.05) is 0 Å². The van der Waals surface area contributed by atoms with Crippen molar-refractivity contribution in [1.82, 2.24) is 0 Å². The normalized spacial score (nSPS) is 24.9. The highest BCUT2D eigenvalue weighted by Gasteiger charge is 2.45. The van der Waals surface area contributed by atoms with Gasteiger partial charge in [-0.15, -0.1) is 0 Å². The van der Waals surface area contributed by atoms with Crippen LogP contribution in [0.15, 0.2) is 12.1 Å². The summed E-state index contributed by atoms with van der Waals surface area (Å²) in [5.41, 5.74) is 3.27. The molecule has 1 aliphatic rings. The molecular formula is C17H26O3. The van der Waals surface area contributed by atoms with E-state index in [1.165, 1.54) is 16.7 Å². The van der Waals surface area contributed by atoms with Crippen LogP contribution >= 0.6 is 0 Å². The Morgan fingerprint density at radius 3 is 2.20 bits per heavy atom. The number of ether oxygens (including phenoxy) is 3. The van der Waals surface area contributed by atoms with E-state index in [9.17, 15) is 0 Å². The quantitative estimate of drug-likeness (QED) is 0.835. The van der Waals surface area contributed by atoms with E-state index in [2.05, 4.69) is 39.8 Å². The van der Waals surface area contributed by atoms with Crippen LogP contribution in [0.4, 0.5) is 0 Å². The van der Waals surface area contributed by atoms with Crippen molar-refractivity contribution in [1.29, 1.82) is 0 Å². The molecule has 20 heavy (non-hydrogen) atoms. The summed E-state index contributed by atoms with van der Waals surface area (Å²) < 4.78 is 17.9. The Kier molecular flexibility index (Phi) is 4.12. The van der Waals surface area contributed by atoms with Crippen LogP contribution in [0.25, 0.3) is 0 Å². The Bertz CT molecular complexity index is 470. The van der Waals surface area contributed by atoms with Gasteiger partial charge in [-0.05, 0) is 52.2 Å². The van der Waals surface area contributed by atoms with Crippen LogP contribution in [0.5, 0.6) is 5.75 Å². The van der Waals surface area contributed by atoms with Crippen molar-refractivity contribution in [3.8, 4) is 5.75 Å². The van der Waals surface area contributed by atoms with Crippen molar-refractivity contribution in [3.63, 3.8) is 0 Å². The van der Waals surface area contributed by atoms with Crippen LogP contribution in [0, 0.1) is 20.8 Å². The molecule has 1 atom stereocenters. The van der Waals surface area contributed by atoms with E-state index in [1.807, 2.05) is 13.8 Å². The smallest absolute Gasteiger partial charge is 0.163 e. The third kappa shape index (κ3) is 3.15. The second-order valence-corrected chi connectivity index (χ2v) is 6.34. The van der Waals surface area contributed by atoms with Crippen LogP contribution in [0.2, 0.25) is 0 Å². The summed E-state index contributed by atoms with van der Waals surface area (Å²) in [5, 5.41) is 0. The predicted molar refractivity (Wildman–Crippen MR) is 80.3 cm³/mol. The minimum atomic E-state index is -0.517. The summed E-state index contributed by atoms with van der Waals surface area (Å²) >= 11 is 0. The van der Waals surface area contributed by atoms with E-state index >= 15 is 0 Å². The Morgan fingerprint density at radius 2 is 1.75 bits per heavy atom.